The molecule has 0 aliphatic carbocycles. The first kappa shape index (κ1) is 20.7. The molecule has 2 aliphatic heterocycles. The molecule has 2 aromatic carbocycles. The molecule has 6 heteroatoms. The van der Waals surface area contributed by atoms with Crippen molar-refractivity contribution in [3.63, 3.8) is 0 Å². The first-order valence-corrected chi connectivity index (χ1v) is 10.7. The fourth-order valence-corrected chi connectivity index (χ4v) is 3.70. The van der Waals surface area contributed by atoms with Crippen LogP contribution >= 0.6 is 0 Å². The van der Waals surface area contributed by atoms with E-state index in [1.54, 1.807) is 12.1 Å². The number of Topliss-reactive ketones (excluding diaryl/α,β-unsaturated/α-hetero) is 1. The van der Waals surface area contributed by atoms with Gasteiger partial charge in [-0.2, -0.15) is 0 Å². The molecule has 4 rings (SSSR count). The molecule has 0 amide bonds. The average molecular weight is 412 g/mol. The lowest BCUT2D eigenvalue weighted by atomic mass is 10.0. The number of hydrogen-bond donors (Lipinski definition) is 1. The van der Waals surface area contributed by atoms with Crippen LogP contribution < -0.4 is 9.47 Å². The number of rotatable bonds is 7. The van der Waals surface area contributed by atoms with Crippen LogP contribution in [0.1, 0.15) is 54.4 Å². The molecule has 6 nitrogen and oxygen atoms in total. The lowest BCUT2D eigenvalue weighted by Crippen LogP contribution is -2.25. The number of benzene rings is 2. The molecule has 1 N–H and O–H groups in total. The van der Waals surface area contributed by atoms with Gasteiger partial charge in [0.05, 0.1) is 18.8 Å². The Bertz CT molecular complexity index is 835. The predicted molar refractivity (Wildman–Crippen MR) is 111 cm³/mol. The van der Waals surface area contributed by atoms with Crippen LogP contribution in [-0.2, 0) is 15.9 Å². The zero-order chi connectivity index (χ0) is 20.8. The fraction of sp³-hybridized carbons (Fsp3) is 0.458. The molecule has 0 spiro atoms. The van der Waals surface area contributed by atoms with Crippen molar-refractivity contribution in [3.8, 4) is 17.2 Å². The van der Waals surface area contributed by atoms with Gasteiger partial charge in [-0.25, -0.2) is 0 Å². The van der Waals surface area contributed by atoms with Crippen molar-refractivity contribution >= 4 is 5.78 Å². The van der Waals surface area contributed by atoms with E-state index in [2.05, 4.69) is 0 Å². The van der Waals surface area contributed by atoms with Gasteiger partial charge in [0, 0.05) is 25.3 Å². The van der Waals surface area contributed by atoms with Gasteiger partial charge in [0.1, 0.15) is 17.2 Å². The molecule has 2 aliphatic rings. The molecule has 0 aromatic heterocycles. The average Bonchev–Trinajstić information content (AvgIpc) is 2.76. The van der Waals surface area contributed by atoms with E-state index in [4.69, 9.17) is 18.9 Å². The smallest absolute Gasteiger partial charge is 0.199 e. The third kappa shape index (κ3) is 5.52. The summed E-state index contributed by atoms with van der Waals surface area (Å²) in [7, 11) is 0. The first-order valence-electron chi connectivity index (χ1n) is 10.7. The maximum Gasteiger partial charge on any atom is 0.199 e. The Labute approximate surface area is 176 Å². The van der Waals surface area contributed by atoms with Gasteiger partial charge in [0.2, 0.25) is 0 Å². The van der Waals surface area contributed by atoms with Crippen LogP contribution in [0.25, 0.3) is 0 Å². The summed E-state index contributed by atoms with van der Waals surface area (Å²) < 4.78 is 22.7. The minimum Gasteiger partial charge on any atom is -0.507 e. The second kappa shape index (κ2) is 9.96. The second-order valence-electron chi connectivity index (χ2n) is 7.75. The van der Waals surface area contributed by atoms with Gasteiger partial charge in [-0.15, -0.1) is 0 Å². The number of carbonyl (C=O) groups is 1. The molecule has 2 saturated heterocycles. The number of hydrogen-bond acceptors (Lipinski definition) is 6. The van der Waals surface area contributed by atoms with Gasteiger partial charge in [0.25, 0.3) is 0 Å². The van der Waals surface area contributed by atoms with Crippen LogP contribution in [0.2, 0.25) is 0 Å². The summed E-state index contributed by atoms with van der Waals surface area (Å²) in [6.07, 6.45) is 5.72. The Balaban J connectivity index is 1.33. The number of carbonyl (C=O) groups excluding carboxylic acids is 1. The molecule has 2 aromatic rings. The third-order valence-corrected chi connectivity index (χ3v) is 5.37. The standard InChI is InChI=1S/C24H28O6/c25-21(15-17-7-9-18(10-8-17)29-23-5-1-3-13-27-23)20-12-11-19(16-22(20)26)30-24-6-2-4-14-28-24/h7-12,16,23-24,26H,1-6,13-15H2/t23-,24-/m1/s1. The van der Waals surface area contributed by atoms with Crippen molar-refractivity contribution < 1.29 is 28.8 Å². The molecule has 160 valence electrons. The van der Waals surface area contributed by atoms with E-state index in [0.717, 1.165) is 56.4 Å². The Hall–Kier alpha value is -2.57. The highest BCUT2D eigenvalue weighted by atomic mass is 16.7. The van der Waals surface area contributed by atoms with E-state index in [1.165, 1.54) is 6.07 Å². The molecule has 0 saturated carbocycles. The highest BCUT2D eigenvalue weighted by Crippen LogP contribution is 2.28. The topological polar surface area (TPSA) is 74.2 Å². The van der Waals surface area contributed by atoms with Gasteiger partial charge < -0.3 is 24.1 Å². The van der Waals surface area contributed by atoms with Crippen molar-refractivity contribution in [1.29, 1.82) is 0 Å². The third-order valence-electron chi connectivity index (χ3n) is 5.37. The lowest BCUT2D eigenvalue weighted by molar-refractivity contribution is -0.106. The summed E-state index contributed by atoms with van der Waals surface area (Å²) in [5, 5.41) is 10.3. The van der Waals surface area contributed by atoms with Crippen LogP contribution in [0, 0.1) is 0 Å². The van der Waals surface area contributed by atoms with Crippen LogP contribution in [0.15, 0.2) is 42.5 Å². The SMILES string of the molecule is O=C(Cc1ccc(O[C@@H]2CCCCO2)cc1)c1ccc(O[C@@H]2CCCCO2)cc1O. The van der Waals surface area contributed by atoms with Gasteiger partial charge in [-0.3, -0.25) is 4.79 Å². The number of ether oxygens (including phenoxy) is 4. The Morgan fingerprint density at radius 3 is 2.03 bits per heavy atom. The van der Waals surface area contributed by atoms with E-state index in [0.29, 0.717) is 12.4 Å². The molecular weight excluding hydrogens is 384 g/mol. The summed E-state index contributed by atoms with van der Waals surface area (Å²) in [5.41, 5.74) is 1.13. The minimum atomic E-state index is -0.292. The Kier molecular flexibility index (Phi) is 6.87. The summed E-state index contributed by atoms with van der Waals surface area (Å²) in [4.78, 5) is 12.7. The zero-order valence-electron chi connectivity index (χ0n) is 17.0. The van der Waals surface area contributed by atoms with E-state index >= 15 is 0 Å². The summed E-state index contributed by atoms with van der Waals surface area (Å²) in [6, 6.07) is 12.2. The quantitative estimate of drug-likeness (QED) is 0.669. The van der Waals surface area contributed by atoms with E-state index in [-0.39, 0.29) is 36.1 Å². The zero-order valence-corrected chi connectivity index (χ0v) is 17.0. The van der Waals surface area contributed by atoms with Crippen LogP contribution in [0.3, 0.4) is 0 Å². The van der Waals surface area contributed by atoms with Gasteiger partial charge in [-0.1, -0.05) is 12.1 Å². The molecule has 2 heterocycles. The normalized spacial score (nSPS) is 21.7. The summed E-state index contributed by atoms with van der Waals surface area (Å²) in [6.45, 7) is 1.42. The molecular formula is C24H28O6. The highest BCUT2D eigenvalue weighted by molar-refractivity contribution is 6.00. The maximum atomic E-state index is 12.7. The predicted octanol–water partition coefficient (Wildman–Crippen LogP) is 4.63. The molecule has 0 bridgehead atoms. The minimum absolute atomic E-state index is 0.0808. The summed E-state index contributed by atoms with van der Waals surface area (Å²) >= 11 is 0. The van der Waals surface area contributed by atoms with Crippen LogP contribution in [-0.4, -0.2) is 36.7 Å². The number of ketones is 1. The molecule has 30 heavy (non-hydrogen) atoms. The van der Waals surface area contributed by atoms with E-state index < -0.39 is 0 Å². The second-order valence-corrected chi connectivity index (χ2v) is 7.75. The van der Waals surface area contributed by atoms with Crippen molar-refractivity contribution in [3.05, 3.63) is 53.6 Å². The van der Waals surface area contributed by atoms with Gasteiger partial charge in [0.15, 0.2) is 18.4 Å². The number of aromatic hydroxyl groups is 1. The number of phenolic OH excluding ortho intramolecular Hbond substituents is 1. The molecule has 0 radical (unpaired) electrons. The molecule has 0 unspecified atom stereocenters. The van der Waals surface area contributed by atoms with Crippen molar-refractivity contribution in [2.24, 2.45) is 0 Å². The van der Waals surface area contributed by atoms with Crippen molar-refractivity contribution in [2.45, 2.75) is 57.5 Å². The first-order chi connectivity index (χ1) is 14.7. The monoisotopic (exact) mass is 412 g/mol. The highest BCUT2D eigenvalue weighted by Gasteiger charge is 2.18. The van der Waals surface area contributed by atoms with Crippen LogP contribution in [0.4, 0.5) is 0 Å². The Morgan fingerprint density at radius 1 is 0.867 bits per heavy atom. The Morgan fingerprint density at radius 2 is 1.47 bits per heavy atom. The fourth-order valence-electron chi connectivity index (χ4n) is 3.70. The largest absolute Gasteiger partial charge is 0.507 e. The summed E-state index contributed by atoms with van der Waals surface area (Å²) in [5.74, 6) is 0.995. The van der Waals surface area contributed by atoms with Crippen LogP contribution in [0.5, 0.6) is 17.2 Å². The maximum absolute atomic E-state index is 12.7. The van der Waals surface area contributed by atoms with E-state index in [9.17, 15) is 9.90 Å². The van der Waals surface area contributed by atoms with Crippen molar-refractivity contribution in [2.75, 3.05) is 13.2 Å². The number of phenols is 1. The molecule has 2 atom stereocenters. The van der Waals surface area contributed by atoms with Gasteiger partial charge >= 0.3 is 0 Å². The van der Waals surface area contributed by atoms with Crippen molar-refractivity contribution in [1.82, 2.24) is 0 Å². The molecule has 2 fully saturated rings. The van der Waals surface area contributed by atoms with Gasteiger partial charge in [-0.05, 0) is 55.5 Å². The lowest BCUT2D eigenvalue weighted by Gasteiger charge is -2.23. The van der Waals surface area contributed by atoms with E-state index in [1.807, 2.05) is 24.3 Å².